The van der Waals surface area contributed by atoms with Gasteiger partial charge in [0.1, 0.15) is 0 Å². The number of hydrogen-bond donors (Lipinski definition) is 0. The summed E-state index contributed by atoms with van der Waals surface area (Å²) >= 11 is 1.71. The van der Waals surface area contributed by atoms with Crippen LogP contribution in [0.1, 0.15) is 54.2 Å². The van der Waals surface area contributed by atoms with Crippen LogP contribution in [0.5, 0.6) is 0 Å². The first-order valence-corrected chi connectivity index (χ1v) is 8.72. The van der Waals surface area contributed by atoms with Crippen molar-refractivity contribution in [2.45, 2.75) is 52.5 Å². The minimum atomic E-state index is 0.0641. The molecule has 1 atom stereocenters. The van der Waals surface area contributed by atoms with Gasteiger partial charge in [0.15, 0.2) is 0 Å². The van der Waals surface area contributed by atoms with Crippen molar-refractivity contribution in [1.82, 2.24) is 14.8 Å². The van der Waals surface area contributed by atoms with Gasteiger partial charge < -0.3 is 9.80 Å². The number of aromatic nitrogens is 1. The third-order valence-corrected chi connectivity index (χ3v) is 5.28. The summed E-state index contributed by atoms with van der Waals surface area (Å²) in [7, 11) is 1.90. The van der Waals surface area contributed by atoms with Crippen LogP contribution < -0.4 is 0 Å². The molecular weight excluding hydrogens is 282 g/mol. The summed E-state index contributed by atoms with van der Waals surface area (Å²) in [6, 6.07) is 0.0641. The summed E-state index contributed by atoms with van der Waals surface area (Å²) < 4.78 is 0. The Morgan fingerprint density at radius 1 is 1.38 bits per heavy atom. The van der Waals surface area contributed by atoms with Crippen molar-refractivity contribution in [3.05, 3.63) is 15.6 Å². The van der Waals surface area contributed by atoms with Gasteiger partial charge in [0.2, 0.25) is 5.91 Å². The highest BCUT2D eigenvalue weighted by Crippen LogP contribution is 2.26. The molecular formula is C16H27N3OS. The lowest BCUT2D eigenvalue weighted by Crippen LogP contribution is -2.31. The number of thiazole rings is 1. The maximum absolute atomic E-state index is 12.3. The second-order valence-electron chi connectivity index (χ2n) is 6.01. The van der Waals surface area contributed by atoms with Crippen molar-refractivity contribution < 1.29 is 4.79 Å². The van der Waals surface area contributed by atoms with Gasteiger partial charge in [-0.15, -0.1) is 11.3 Å². The summed E-state index contributed by atoms with van der Waals surface area (Å²) in [6.07, 6.45) is 4.23. The van der Waals surface area contributed by atoms with Gasteiger partial charge in [0.05, 0.1) is 16.7 Å². The predicted molar refractivity (Wildman–Crippen MR) is 87.7 cm³/mol. The fourth-order valence-corrected chi connectivity index (χ4v) is 3.88. The van der Waals surface area contributed by atoms with E-state index in [1.54, 1.807) is 11.3 Å². The van der Waals surface area contributed by atoms with Crippen LogP contribution in [0.25, 0.3) is 0 Å². The third kappa shape index (κ3) is 4.27. The summed E-state index contributed by atoms with van der Waals surface area (Å²) in [4.78, 5) is 22.4. The number of likely N-dealkylation sites (tertiary alicyclic amines) is 1. The molecule has 1 fully saturated rings. The number of amides is 1. The molecule has 1 aliphatic heterocycles. The first kappa shape index (κ1) is 16.4. The average Bonchev–Trinajstić information content (AvgIpc) is 3.06. The molecule has 21 heavy (non-hydrogen) atoms. The maximum Gasteiger partial charge on any atom is 0.222 e. The van der Waals surface area contributed by atoms with Crippen LogP contribution in [0.15, 0.2) is 0 Å². The number of nitrogens with zero attached hydrogens (tertiary/aromatic N) is 3. The van der Waals surface area contributed by atoms with E-state index >= 15 is 0 Å². The Kier molecular flexibility index (Phi) is 5.76. The van der Waals surface area contributed by atoms with Crippen LogP contribution in [0.2, 0.25) is 0 Å². The summed E-state index contributed by atoms with van der Waals surface area (Å²) in [5.41, 5.74) is 1.05. The second-order valence-corrected chi connectivity index (χ2v) is 7.41. The molecule has 1 aromatic heterocycles. The molecule has 118 valence electrons. The molecule has 2 heterocycles. The molecule has 2 rings (SSSR count). The Balaban J connectivity index is 1.82. The number of hydrogen-bond acceptors (Lipinski definition) is 4. The molecule has 1 aromatic rings. The highest BCUT2D eigenvalue weighted by molar-refractivity contribution is 7.11. The Labute approximate surface area is 132 Å². The normalized spacial score (nSPS) is 17.1. The zero-order valence-corrected chi connectivity index (χ0v) is 14.5. The standard InChI is InChI=1S/C16H27N3OS/c1-12(16-13(2)21-14(3)17-16)18(4)15(20)8-7-11-19-9-5-6-10-19/h12H,5-11H2,1-4H3/t12-/m1/s1. The maximum atomic E-state index is 12.3. The Morgan fingerprint density at radius 3 is 2.62 bits per heavy atom. The first-order valence-electron chi connectivity index (χ1n) is 7.91. The largest absolute Gasteiger partial charge is 0.337 e. The molecule has 0 aromatic carbocycles. The van der Waals surface area contributed by atoms with Crippen molar-refractivity contribution in [2.24, 2.45) is 0 Å². The highest BCUT2D eigenvalue weighted by Gasteiger charge is 2.21. The van der Waals surface area contributed by atoms with Crippen LogP contribution >= 0.6 is 11.3 Å². The molecule has 1 saturated heterocycles. The lowest BCUT2D eigenvalue weighted by molar-refractivity contribution is -0.132. The Hall–Kier alpha value is -0.940. The molecule has 0 spiro atoms. The van der Waals surface area contributed by atoms with Crippen molar-refractivity contribution in [3.8, 4) is 0 Å². The van der Waals surface area contributed by atoms with Gasteiger partial charge in [-0.3, -0.25) is 4.79 Å². The highest BCUT2D eigenvalue weighted by atomic mass is 32.1. The van der Waals surface area contributed by atoms with E-state index in [1.807, 2.05) is 18.9 Å². The van der Waals surface area contributed by atoms with E-state index in [9.17, 15) is 4.79 Å². The van der Waals surface area contributed by atoms with E-state index in [-0.39, 0.29) is 11.9 Å². The van der Waals surface area contributed by atoms with Crippen molar-refractivity contribution in [1.29, 1.82) is 0 Å². The van der Waals surface area contributed by atoms with Gasteiger partial charge in [-0.1, -0.05) is 0 Å². The molecule has 0 N–H and O–H groups in total. The van der Waals surface area contributed by atoms with E-state index in [0.717, 1.165) is 23.7 Å². The minimum Gasteiger partial charge on any atom is -0.337 e. The number of aryl methyl sites for hydroxylation is 2. The van der Waals surface area contributed by atoms with Gasteiger partial charge in [0.25, 0.3) is 0 Å². The molecule has 1 amide bonds. The summed E-state index contributed by atoms with van der Waals surface area (Å²) in [5, 5.41) is 1.07. The van der Waals surface area contributed by atoms with Crippen LogP contribution in [0.3, 0.4) is 0 Å². The van der Waals surface area contributed by atoms with E-state index in [0.29, 0.717) is 6.42 Å². The number of carbonyl (C=O) groups is 1. The van der Waals surface area contributed by atoms with E-state index in [1.165, 1.54) is 30.8 Å². The second kappa shape index (κ2) is 7.36. The van der Waals surface area contributed by atoms with Gasteiger partial charge in [-0.2, -0.15) is 0 Å². The molecule has 4 nitrogen and oxygen atoms in total. The fraction of sp³-hybridized carbons (Fsp3) is 0.750. The summed E-state index contributed by atoms with van der Waals surface area (Å²) in [6.45, 7) is 9.64. The zero-order chi connectivity index (χ0) is 15.4. The van der Waals surface area contributed by atoms with Gasteiger partial charge in [-0.05, 0) is 59.7 Å². The third-order valence-electron chi connectivity index (χ3n) is 4.37. The molecule has 0 unspecified atom stereocenters. The Morgan fingerprint density at radius 2 is 2.05 bits per heavy atom. The van der Waals surface area contributed by atoms with Crippen LogP contribution in [0, 0.1) is 13.8 Å². The van der Waals surface area contributed by atoms with Crippen LogP contribution in [0.4, 0.5) is 0 Å². The molecule has 1 aliphatic rings. The van der Waals surface area contributed by atoms with Crippen molar-refractivity contribution in [2.75, 3.05) is 26.7 Å². The predicted octanol–water partition coefficient (Wildman–Crippen LogP) is 3.16. The van der Waals surface area contributed by atoms with Crippen LogP contribution in [-0.2, 0) is 4.79 Å². The summed E-state index contributed by atoms with van der Waals surface area (Å²) in [5.74, 6) is 0.228. The van der Waals surface area contributed by atoms with Crippen LogP contribution in [-0.4, -0.2) is 47.4 Å². The average molecular weight is 309 g/mol. The molecule has 0 bridgehead atoms. The Bertz CT molecular complexity index is 480. The van der Waals surface area contributed by atoms with Crippen molar-refractivity contribution in [3.63, 3.8) is 0 Å². The molecule has 0 aliphatic carbocycles. The van der Waals surface area contributed by atoms with Crippen molar-refractivity contribution >= 4 is 17.2 Å². The number of rotatable bonds is 6. The quantitative estimate of drug-likeness (QED) is 0.810. The monoisotopic (exact) mass is 309 g/mol. The first-order chi connectivity index (χ1) is 9.99. The SMILES string of the molecule is Cc1nc([C@@H](C)N(C)C(=O)CCCN2CCCC2)c(C)s1. The minimum absolute atomic E-state index is 0.0641. The lowest BCUT2D eigenvalue weighted by Gasteiger charge is -2.25. The molecule has 5 heteroatoms. The van der Waals surface area contributed by atoms with E-state index in [4.69, 9.17) is 0 Å². The van der Waals surface area contributed by atoms with E-state index < -0.39 is 0 Å². The zero-order valence-electron chi connectivity index (χ0n) is 13.7. The van der Waals surface area contributed by atoms with Gasteiger partial charge in [-0.25, -0.2) is 4.98 Å². The molecule has 0 saturated carbocycles. The smallest absolute Gasteiger partial charge is 0.222 e. The lowest BCUT2D eigenvalue weighted by atomic mass is 10.1. The topological polar surface area (TPSA) is 36.4 Å². The van der Waals surface area contributed by atoms with Gasteiger partial charge >= 0.3 is 0 Å². The van der Waals surface area contributed by atoms with Gasteiger partial charge in [0, 0.05) is 18.3 Å². The van der Waals surface area contributed by atoms with E-state index in [2.05, 4.69) is 23.7 Å². The number of carbonyl (C=O) groups excluding carboxylic acids is 1. The molecule has 0 radical (unpaired) electrons. The fourth-order valence-electron chi connectivity index (χ4n) is 2.97.